The first-order chi connectivity index (χ1) is 14.6. The van der Waals surface area contributed by atoms with Crippen molar-refractivity contribution in [2.24, 2.45) is 11.8 Å². The van der Waals surface area contributed by atoms with E-state index in [0.717, 1.165) is 47.1 Å². The summed E-state index contributed by atoms with van der Waals surface area (Å²) in [5, 5.41) is 3.14. The standard InChI is InChI=1S/C25H34N2O3/c1-17-21(25(28)26-15-18-9-10-18)14-23(27(17)16-19-7-5-4-6-8-19)22-13-20(29-2)11-12-24(22)30-3/h11-14,18-19H,4-10,15-16H2,1-3H3,(H,26,28). The van der Waals surface area contributed by atoms with Gasteiger partial charge in [0.2, 0.25) is 0 Å². The van der Waals surface area contributed by atoms with Crippen LogP contribution in [0.2, 0.25) is 0 Å². The number of hydrogen-bond donors (Lipinski definition) is 1. The van der Waals surface area contributed by atoms with Crippen molar-refractivity contribution in [1.82, 2.24) is 9.88 Å². The minimum atomic E-state index is 0.0323. The maximum atomic E-state index is 13.0. The Morgan fingerprint density at radius 1 is 1.03 bits per heavy atom. The molecule has 0 radical (unpaired) electrons. The molecule has 0 spiro atoms. The van der Waals surface area contributed by atoms with Crippen LogP contribution in [-0.4, -0.2) is 31.2 Å². The number of carbonyl (C=O) groups is 1. The SMILES string of the molecule is COc1ccc(OC)c(-c2cc(C(=O)NCC3CC3)c(C)n2CC2CCCCC2)c1. The molecule has 1 heterocycles. The van der Waals surface area contributed by atoms with Crippen LogP contribution in [0.5, 0.6) is 11.5 Å². The van der Waals surface area contributed by atoms with Crippen LogP contribution in [0.15, 0.2) is 24.3 Å². The van der Waals surface area contributed by atoms with E-state index in [4.69, 9.17) is 9.47 Å². The van der Waals surface area contributed by atoms with E-state index in [1.165, 1.54) is 44.9 Å². The number of aromatic nitrogens is 1. The molecule has 2 aliphatic rings. The first-order valence-electron chi connectivity index (χ1n) is 11.3. The Morgan fingerprint density at radius 2 is 1.80 bits per heavy atom. The minimum Gasteiger partial charge on any atom is -0.497 e. The Balaban J connectivity index is 1.73. The normalized spacial score (nSPS) is 17.0. The molecule has 2 fully saturated rings. The first-order valence-corrected chi connectivity index (χ1v) is 11.3. The number of ether oxygens (including phenoxy) is 2. The monoisotopic (exact) mass is 410 g/mol. The third-order valence-corrected chi connectivity index (χ3v) is 6.71. The van der Waals surface area contributed by atoms with Gasteiger partial charge in [0.25, 0.3) is 5.91 Å². The summed E-state index contributed by atoms with van der Waals surface area (Å²) in [6.07, 6.45) is 8.93. The van der Waals surface area contributed by atoms with Gasteiger partial charge in [-0.05, 0) is 68.7 Å². The van der Waals surface area contributed by atoms with Crippen LogP contribution in [0.3, 0.4) is 0 Å². The van der Waals surface area contributed by atoms with Gasteiger partial charge in [-0.1, -0.05) is 19.3 Å². The van der Waals surface area contributed by atoms with Crippen molar-refractivity contribution in [2.75, 3.05) is 20.8 Å². The molecule has 2 saturated carbocycles. The van der Waals surface area contributed by atoms with Crippen molar-refractivity contribution in [3.05, 3.63) is 35.5 Å². The van der Waals surface area contributed by atoms with Gasteiger partial charge in [-0.15, -0.1) is 0 Å². The highest BCUT2D eigenvalue weighted by Crippen LogP contribution is 2.37. The van der Waals surface area contributed by atoms with Gasteiger partial charge in [0.05, 0.1) is 25.5 Å². The minimum absolute atomic E-state index is 0.0323. The molecule has 1 N–H and O–H groups in total. The lowest BCUT2D eigenvalue weighted by Crippen LogP contribution is -2.26. The first kappa shape index (κ1) is 20.8. The van der Waals surface area contributed by atoms with Crippen LogP contribution in [0.1, 0.15) is 61.0 Å². The van der Waals surface area contributed by atoms with Crippen LogP contribution in [0, 0.1) is 18.8 Å². The van der Waals surface area contributed by atoms with Gasteiger partial charge in [0.1, 0.15) is 11.5 Å². The quantitative estimate of drug-likeness (QED) is 0.651. The molecule has 0 bridgehead atoms. The second-order valence-corrected chi connectivity index (χ2v) is 8.86. The molecule has 0 saturated heterocycles. The lowest BCUT2D eigenvalue weighted by molar-refractivity contribution is 0.0951. The molecule has 2 aromatic rings. The number of methoxy groups -OCH3 is 2. The number of benzene rings is 1. The van der Waals surface area contributed by atoms with E-state index in [2.05, 4.69) is 16.8 Å². The smallest absolute Gasteiger partial charge is 0.253 e. The van der Waals surface area contributed by atoms with Crippen LogP contribution in [0.25, 0.3) is 11.3 Å². The number of nitrogens with zero attached hydrogens (tertiary/aromatic N) is 1. The summed E-state index contributed by atoms with van der Waals surface area (Å²) in [6.45, 7) is 3.80. The molecule has 4 rings (SSSR count). The van der Waals surface area contributed by atoms with E-state index in [1.807, 2.05) is 24.3 Å². The molecule has 5 heteroatoms. The number of amides is 1. The molecule has 5 nitrogen and oxygen atoms in total. The highest BCUT2D eigenvalue weighted by Gasteiger charge is 2.26. The largest absolute Gasteiger partial charge is 0.497 e. The Kier molecular flexibility index (Phi) is 6.35. The van der Waals surface area contributed by atoms with Crippen molar-refractivity contribution in [2.45, 2.75) is 58.4 Å². The van der Waals surface area contributed by atoms with Gasteiger partial charge in [-0.2, -0.15) is 0 Å². The summed E-state index contributed by atoms with van der Waals surface area (Å²) < 4.78 is 13.5. The fourth-order valence-corrected chi connectivity index (χ4v) is 4.63. The molecule has 1 aromatic carbocycles. The number of nitrogens with one attached hydrogen (secondary N) is 1. The summed E-state index contributed by atoms with van der Waals surface area (Å²) in [6, 6.07) is 7.90. The highest BCUT2D eigenvalue weighted by atomic mass is 16.5. The molecule has 30 heavy (non-hydrogen) atoms. The summed E-state index contributed by atoms with van der Waals surface area (Å²) in [4.78, 5) is 13.0. The van der Waals surface area contributed by atoms with E-state index in [0.29, 0.717) is 11.8 Å². The van der Waals surface area contributed by atoms with Gasteiger partial charge in [0.15, 0.2) is 0 Å². The molecule has 0 aliphatic heterocycles. The van der Waals surface area contributed by atoms with Crippen molar-refractivity contribution in [1.29, 1.82) is 0 Å². The van der Waals surface area contributed by atoms with Crippen LogP contribution < -0.4 is 14.8 Å². The number of hydrogen-bond acceptors (Lipinski definition) is 3. The zero-order chi connectivity index (χ0) is 21.1. The Morgan fingerprint density at radius 3 is 2.47 bits per heavy atom. The van der Waals surface area contributed by atoms with Crippen molar-refractivity contribution in [3.8, 4) is 22.8 Å². The molecule has 2 aliphatic carbocycles. The second-order valence-electron chi connectivity index (χ2n) is 8.86. The third-order valence-electron chi connectivity index (χ3n) is 6.71. The van der Waals surface area contributed by atoms with Gasteiger partial charge in [-0.25, -0.2) is 0 Å². The predicted octanol–water partition coefficient (Wildman–Crippen LogP) is 5.20. The lowest BCUT2D eigenvalue weighted by atomic mass is 9.89. The lowest BCUT2D eigenvalue weighted by Gasteiger charge is -2.24. The summed E-state index contributed by atoms with van der Waals surface area (Å²) in [5.74, 6) is 2.93. The van der Waals surface area contributed by atoms with Crippen LogP contribution in [0.4, 0.5) is 0 Å². The van der Waals surface area contributed by atoms with Gasteiger partial charge in [-0.3, -0.25) is 4.79 Å². The molecular weight excluding hydrogens is 376 g/mol. The summed E-state index contributed by atoms with van der Waals surface area (Å²) >= 11 is 0. The van der Waals surface area contributed by atoms with E-state index in [-0.39, 0.29) is 5.91 Å². The molecule has 1 amide bonds. The van der Waals surface area contributed by atoms with E-state index < -0.39 is 0 Å². The average Bonchev–Trinajstić information content (AvgIpc) is 3.56. The summed E-state index contributed by atoms with van der Waals surface area (Å²) in [7, 11) is 3.37. The summed E-state index contributed by atoms with van der Waals surface area (Å²) in [5.41, 5.74) is 3.81. The fourth-order valence-electron chi connectivity index (χ4n) is 4.63. The highest BCUT2D eigenvalue weighted by molar-refractivity contribution is 5.97. The maximum absolute atomic E-state index is 13.0. The topological polar surface area (TPSA) is 52.5 Å². The van der Waals surface area contributed by atoms with Crippen LogP contribution >= 0.6 is 0 Å². The molecule has 162 valence electrons. The molecule has 0 atom stereocenters. The van der Waals surface area contributed by atoms with E-state index in [1.54, 1.807) is 14.2 Å². The Hall–Kier alpha value is -2.43. The van der Waals surface area contributed by atoms with E-state index in [9.17, 15) is 4.79 Å². The van der Waals surface area contributed by atoms with E-state index >= 15 is 0 Å². The van der Waals surface area contributed by atoms with Crippen molar-refractivity contribution < 1.29 is 14.3 Å². The van der Waals surface area contributed by atoms with Crippen LogP contribution in [-0.2, 0) is 6.54 Å². The number of carbonyl (C=O) groups excluding carboxylic acids is 1. The van der Waals surface area contributed by atoms with Gasteiger partial charge >= 0.3 is 0 Å². The number of rotatable bonds is 8. The second kappa shape index (κ2) is 9.15. The fraction of sp³-hybridized carbons (Fsp3) is 0.560. The zero-order valence-corrected chi connectivity index (χ0v) is 18.5. The predicted molar refractivity (Wildman–Crippen MR) is 119 cm³/mol. The average molecular weight is 411 g/mol. The molecule has 0 unspecified atom stereocenters. The zero-order valence-electron chi connectivity index (χ0n) is 18.5. The maximum Gasteiger partial charge on any atom is 0.253 e. The van der Waals surface area contributed by atoms with Crippen molar-refractivity contribution >= 4 is 5.91 Å². The Labute approximate surface area is 179 Å². The third kappa shape index (κ3) is 4.50. The molecule has 1 aromatic heterocycles. The van der Waals surface area contributed by atoms with Gasteiger partial charge < -0.3 is 19.4 Å². The van der Waals surface area contributed by atoms with Gasteiger partial charge in [0, 0.05) is 24.3 Å². The Bertz CT molecular complexity index is 892. The van der Waals surface area contributed by atoms with Crippen molar-refractivity contribution in [3.63, 3.8) is 0 Å². The molecular formula is C25H34N2O3.